The Balaban J connectivity index is 2.75. The second-order valence-corrected chi connectivity index (χ2v) is 5.38. The average molecular weight is 285 g/mol. The third-order valence-corrected chi connectivity index (χ3v) is 3.48. The third kappa shape index (κ3) is 4.11. The van der Waals surface area contributed by atoms with Gasteiger partial charge in [-0.1, -0.05) is 13.8 Å². The van der Waals surface area contributed by atoms with Gasteiger partial charge in [0.2, 0.25) is 5.91 Å². The van der Waals surface area contributed by atoms with E-state index in [1.165, 1.54) is 4.90 Å². The van der Waals surface area contributed by atoms with E-state index in [2.05, 4.69) is 10.6 Å². The molecular weight excluding hydrogens is 261 g/mol. The van der Waals surface area contributed by atoms with Crippen molar-refractivity contribution in [2.45, 2.75) is 45.6 Å². The lowest BCUT2D eigenvalue weighted by Gasteiger charge is -2.30. The summed E-state index contributed by atoms with van der Waals surface area (Å²) in [6.07, 6.45) is 1.30. The summed E-state index contributed by atoms with van der Waals surface area (Å²) in [5, 5.41) is 23.9. The van der Waals surface area contributed by atoms with Crippen LogP contribution >= 0.6 is 0 Å². The summed E-state index contributed by atoms with van der Waals surface area (Å²) in [6.45, 7) is 6.45. The zero-order valence-corrected chi connectivity index (χ0v) is 12.3. The molecule has 1 unspecified atom stereocenters. The lowest BCUT2D eigenvalue weighted by molar-refractivity contribution is -0.134. The van der Waals surface area contributed by atoms with Gasteiger partial charge < -0.3 is 25.6 Å². The molecule has 4 N–H and O–H groups in total. The molecule has 1 heterocycles. The Morgan fingerprint density at radius 1 is 1.40 bits per heavy atom. The molecule has 7 nitrogen and oxygen atoms in total. The molecule has 1 aliphatic rings. The van der Waals surface area contributed by atoms with E-state index >= 15 is 0 Å². The molecular formula is C12H24BN3O4. The average Bonchev–Trinajstić information content (AvgIpc) is 2.84. The van der Waals surface area contributed by atoms with Gasteiger partial charge in [0.1, 0.15) is 6.04 Å². The molecule has 1 saturated heterocycles. The highest BCUT2D eigenvalue weighted by Gasteiger charge is 2.40. The van der Waals surface area contributed by atoms with E-state index in [0.717, 1.165) is 6.42 Å². The first-order chi connectivity index (χ1) is 9.38. The standard InChI is InChI=1S/C12H24BN3O4/c1-4-14-12(18)15-10(8(2)3)11(17)16-7-5-6-9(16)13(19)20/h8-10,19-20H,4-7H2,1-3H3,(H2,14,15,18)/t9?,10-/m1/s1. The Bertz CT molecular complexity index is 352. The molecule has 1 rings (SSSR count). The number of nitrogens with zero attached hydrogens (tertiary/aromatic N) is 1. The minimum absolute atomic E-state index is 0.0813. The number of likely N-dealkylation sites (tertiary alicyclic amines) is 1. The molecule has 3 amide bonds. The van der Waals surface area contributed by atoms with Gasteiger partial charge in [-0.3, -0.25) is 4.79 Å². The molecule has 0 bridgehead atoms. The van der Waals surface area contributed by atoms with Crippen LogP contribution in [0.2, 0.25) is 0 Å². The van der Waals surface area contributed by atoms with Crippen LogP contribution in [-0.4, -0.2) is 59.1 Å². The van der Waals surface area contributed by atoms with Crippen LogP contribution in [0.1, 0.15) is 33.6 Å². The minimum atomic E-state index is -1.54. The molecule has 1 fully saturated rings. The van der Waals surface area contributed by atoms with Crippen LogP contribution in [-0.2, 0) is 4.79 Å². The fraction of sp³-hybridized carbons (Fsp3) is 0.833. The highest BCUT2D eigenvalue weighted by molar-refractivity contribution is 6.43. The van der Waals surface area contributed by atoms with E-state index in [9.17, 15) is 19.6 Å². The van der Waals surface area contributed by atoms with E-state index in [4.69, 9.17) is 0 Å². The normalized spacial score (nSPS) is 19.9. The van der Waals surface area contributed by atoms with Gasteiger partial charge in [-0.2, -0.15) is 0 Å². The molecule has 0 aromatic rings. The molecule has 0 radical (unpaired) electrons. The number of urea groups is 1. The maximum Gasteiger partial charge on any atom is 0.475 e. The number of amides is 3. The van der Waals surface area contributed by atoms with E-state index in [0.29, 0.717) is 19.5 Å². The smallest absolute Gasteiger partial charge is 0.426 e. The molecule has 20 heavy (non-hydrogen) atoms. The molecule has 8 heteroatoms. The van der Waals surface area contributed by atoms with E-state index < -0.39 is 19.1 Å². The van der Waals surface area contributed by atoms with Crippen LogP contribution in [0.4, 0.5) is 4.79 Å². The summed E-state index contributed by atoms with van der Waals surface area (Å²) in [6, 6.07) is -1.05. The summed E-state index contributed by atoms with van der Waals surface area (Å²) in [5.41, 5.74) is 0. The first kappa shape index (κ1) is 16.8. The fourth-order valence-corrected chi connectivity index (χ4v) is 2.42. The summed E-state index contributed by atoms with van der Waals surface area (Å²) in [5.74, 6) is -0.927. The first-order valence-electron chi connectivity index (χ1n) is 7.09. The first-order valence-corrected chi connectivity index (χ1v) is 7.09. The van der Waals surface area contributed by atoms with Crippen molar-refractivity contribution in [1.29, 1.82) is 0 Å². The monoisotopic (exact) mass is 285 g/mol. The quantitative estimate of drug-likeness (QED) is 0.503. The predicted octanol–water partition coefficient (Wildman–Crippen LogP) is -0.667. The van der Waals surface area contributed by atoms with Crippen molar-refractivity contribution < 1.29 is 19.6 Å². The second kappa shape index (κ2) is 7.49. The molecule has 114 valence electrons. The maximum absolute atomic E-state index is 12.5. The van der Waals surface area contributed by atoms with Gasteiger partial charge in [0.05, 0.1) is 5.94 Å². The number of carbonyl (C=O) groups is 2. The third-order valence-electron chi connectivity index (χ3n) is 3.48. The molecule has 2 atom stereocenters. The highest BCUT2D eigenvalue weighted by Crippen LogP contribution is 2.20. The Labute approximate surface area is 119 Å². The maximum atomic E-state index is 12.5. The molecule has 0 aromatic heterocycles. The zero-order valence-electron chi connectivity index (χ0n) is 12.3. The van der Waals surface area contributed by atoms with Gasteiger partial charge in [0.25, 0.3) is 0 Å². The Morgan fingerprint density at radius 2 is 2.05 bits per heavy atom. The molecule has 0 aliphatic carbocycles. The summed E-state index contributed by atoms with van der Waals surface area (Å²) < 4.78 is 0. The van der Waals surface area contributed by atoms with Crippen LogP contribution in [0.15, 0.2) is 0 Å². The van der Waals surface area contributed by atoms with Gasteiger partial charge >= 0.3 is 13.1 Å². The van der Waals surface area contributed by atoms with E-state index in [-0.39, 0.29) is 17.9 Å². The van der Waals surface area contributed by atoms with Crippen molar-refractivity contribution >= 4 is 19.1 Å². The number of carbonyl (C=O) groups excluding carboxylic acids is 2. The van der Waals surface area contributed by atoms with E-state index in [1.54, 1.807) is 6.92 Å². The SMILES string of the molecule is CCNC(=O)N[C@@H](C(=O)N1CCCC1B(O)O)C(C)C. The van der Waals surface area contributed by atoms with Crippen molar-refractivity contribution in [2.75, 3.05) is 13.1 Å². The Hall–Kier alpha value is -1.28. The number of nitrogens with one attached hydrogen (secondary N) is 2. The molecule has 0 saturated carbocycles. The summed E-state index contributed by atoms with van der Waals surface area (Å²) >= 11 is 0. The van der Waals surface area contributed by atoms with Crippen LogP contribution in [0.3, 0.4) is 0 Å². The lowest BCUT2D eigenvalue weighted by Crippen LogP contribution is -2.56. The second-order valence-electron chi connectivity index (χ2n) is 5.38. The topological polar surface area (TPSA) is 102 Å². The summed E-state index contributed by atoms with van der Waals surface area (Å²) in [7, 11) is -1.54. The van der Waals surface area contributed by atoms with Gasteiger partial charge in [-0.05, 0) is 25.7 Å². The van der Waals surface area contributed by atoms with Gasteiger partial charge in [-0.25, -0.2) is 4.79 Å². The molecule has 1 aliphatic heterocycles. The van der Waals surface area contributed by atoms with Crippen molar-refractivity contribution in [3.05, 3.63) is 0 Å². The van der Waals surface area contributed by atoms with Crippen molar-refractivity contribution in [3.63, 3.8) is 0 Å². The minimum Gasteiger partial charge on any atom is -0.426 e. The molecule has 0 spiro atoms. The highest BCUT2D eigenvalue weighted by atomic mass is 16.4. The Morgan fingerprint density at radius 3 is 2.55 bits per heavy atom. The fourth-order valence-electron chi connectivity index (χ4n) is 2.42. The largest absolute Gasteiger partial charge is 0.475 e. The van der Waals surface area contributed by atoms with Gasteiger partial charge in [-0.15, -0.1) is 0 Å². The summed E-state index contributed by atoms with van der Waals surface area (Å²) in [4.78, 5) is 25.6. The van der Waals surface area contributed by atoms with E-state index in [1.807, 2.05) is 13.8 Å². The van der Waals surface area contributed by atoms with Gasteiger partial charge in [0.15, 0.2) is 0 Å². The lowest BCUT2D eigenvalue weighted by atomic mass is 9.77. The predicted molar refractivity (Wildman–Crippen MR) is 75.8 cm³/mol. The van der Waals surface area contributed by atoms with Crippen molar-refractivity contribution in [3.8, 4) is 0 Å². The van der Waals surface area contributed by atoms with Gasteiger partial charge in [0, 0.05) is 13.1 Å². The number of hydrogen-bond donors (Lipinski definition) is 4. The van der Waals surface area contributed by atoms with Crippen LogP contribution in [0.25, 0.3) is 0 Å². The van der Waals surface area contributed by atoms with Crippen molar-refractivity contribution in [1.82, 2.24) is 15.5 Å². The van der Waals surface area contributed by atoms with Crippen LogP contribution < -0.4 is 10.6 Å². The van der Waals surface area contributed by atoms with Crippen LogP contribution in [0.5, 0.6) is 0 Å². The Kier molecular flexibility index (Phi) is 6.29. The number of rotatable bonds is 5. The van der Waals surface area contributed by atoms with Crippen molar-refractivity contribution in [2.24, 2.45) is 5.92 Å². The number of hydrogen-bond acceptors (Lipinski definition) is 4. The zero-order chi connectivity index (χ0) is 15.3. The molecule has 0 aromatic carbocycles. The van der Waals surface area contributed by atoms with Crippen LogP contribution in [0, 0.1) is 5.92 Å².